The Kier molecular flexibility index (Phi) is 15.8. The summed E-state index contributed by atoms with van der Waals surface area (Å²) in [5, 5.41) is 13.1. The number of ketones is 1. The first-order valence-electron chi connectivity index (χ1n) is 19.9. The molecule has 10 heteroatoms. The van der Waals surface area contributed by atoms with Crippen LogP contribution in [0.5, 0.6) is 0 Å². The molecule has 1 radical (unpaired) electrons. The SMILES string of the molecule is CC(C)C(C(=O)/C=C(\O)C(C(C)C)C(C)C)C(C)C.Cc1ccc2[c-]c(-c3ncc(C(F)(F)F)c4c3sc3cc(CC(C)(C)C)ccc34)cc([Si](C)(C)C)c2n1.[Ir]. The summed E-state index contributed by atoms with van der Waals surface area (Å²) in [4.78, 5) is 21.6. The van der Waals surface area contributed by atoms with Crippen LogP contribution in [0.1, 0.15) is 93.0 Å². The molecule has 0 fully saturated rings. The fraction of sp³-hybridized carbons (Fsp3) is 0.511. The van der Waals surface area contributed by atoms with Crippen LogP contribution in [0.15, 0.2) is 54.4 Å². The van der Waals surface area contributed by atoms with E-state index in [4.69, 9.17) is 4.98 Å². The first kappa shape index (κ1) is 48.5. The minimum atomic E-state index is -4.50. The van der Waals surface area contributed by atoms with Crippen LogP contribution in [0, 0.1) is 53.9 Å². The van der Waals surface area contributed by atoms with Gasteiger partial charge < -0.3 is 5.11 Å². The van der Waals surface area contributed by atoms with Gasteiger partial charge in [0.05, 0.1) is 19.4 Å². The first-order chi connectivity index (χ1) is 25.7. The van der Waals surface area contributed by atoms with Crippen LogP contribution < -0.4 is 5.19 Å². The predicted octanol–water partition coefficient (Wildman–Crippen LogP) is 13.8. The molecule has 57 heavy (non-hydrogen) atoms. The second kappa shape index (κ2) is 18.6. The number of benzene rings is 2. The molecule has 0 aliphatic rings. The normalized spacial score (nSPS) is 13.2. The number of carbonyl (C=O) groups excluding carboxylic acids is 1. The Balaban J connectivity index is 0.000000372. The number of aliphatic hydroxyl groups excluding tert-OH is 1. The number of aliphatic hydroxyl groups is 1. The van der Waals surface area contributed by atoms with Gasteiger partial charge in [-0.15, -0.1) is 29.5 Å². The molecule has 1 N–H and O–H groups in total. The number of halogens is 3. The van der Waals surface area contributed by atoms with Crippen molar-refractivity contribution in [3.05, 3.63) is 77.3 Å². The zero-order chi connectivity index (χ0) is 42.2. The largest absolute Gasteiger partial charge is 0.512 e. The van der Waals surface area contributed by atoms with E-state index in [1.54, 1.807) is 0 Å². The van der Waals surface area contributed by atoms with Crippen molar-refractivity contribution < 1.29 is 43.2 Å². The van der Waals surface area contributed by atoms with Crippen molar-refractivity contribution in [1.82, 2.24) is 9.97 Å². The summed E-state index contributed by atoms with van der Waals surface area (Å²) in [7, 11) is -1.84. The van der Waals surface area contributed by atoms with Gasteiger partial charge in [0.15, 0.2) is 5.78 Å². The van der Waals surface area contributed by atoms with Gasteiger partial charge in [-0.05, 0) is 59.6 Å². The van der Waals surface area contributed by atoms with Crippen LogP contribution in [-0.2, 0) is 37.5 Å². The Morgan fingerprint density at radius 2 is 1.47 bits per heavy atom. The zero-order valence-electron chi connectivity index (χ0n) is 36.4. The van der Waals surface area contributed by atoms with Gasteiger partial charge in [0.1, 0.15) is 0 Å². The van der Waals surface area contributed by atoms with Crippen molar-refractivity contribution in [1.29, 1.82) is 0 Å². The average Bonchev–Trinajstić information content (AvgIpc) is 3.40. The van der Waals surface area contributed by atoms with Crippen molar-refractivity contribution >= 4 is 61.5 Å². The number of nitrogens with zero attached hydrogens (tertiary/aromatic N) is 2. The van der Waals surface area contributed by atoms with E-state index in [0.717, 1.165) is 50.2 Å². The van der Waals surface area contributed by atoms with Crippen molar-refractivity contribution in [3.63, 3.8) is 0 Å². The Morgan fingerprint density at radius 1 is 0.895 bits per heavy atom. The van der Waals surface area contributed by atoms with Crippen LogP contribution in [0.3, 0.4) is 0 Å². The summed E-state index contributed by atoms with van der Waals surface area (Å²) in [6, 6.07) is 15.3. The third kappa shape index (κ3) is 11.6. The maximum Gasteiger partial charge on any atom is 0.418 e. The van der Waals surface area contributed by atoms with Crippen molar-refractivity contribution in [2.24, 2.45) is 40.9 Å². The first-order valence-corrected chi connectivity index (χ1v) is 24.2. The summed E-state index contributed by atoms with van der Waals surface area (Å²) in [6.45, 7) is 31.8. The smallest absolute Gasteiger partial charge is 0.418 e. The third-order valence-electron chi connectivity index (χ3n) is 10.3. The standard InChI is InChI=1S/C30H30F3N2SSi.C17H32O2.Ir/c1-17-8-10-19-13-20(14-24(26(19)35-17)37(5,6)7)27-28-25(22(16-34-27)30(31,32)33)21-11-9-18(12-23(21)36-28)15-29(2,3)4;1-10(2)16(11(3)4)14(18)9-15(19)17(12(5)6)13(7)8;/h8-12,14,16H,15H2,1-7H3;9-13,16-18H,1-8H3;/q-1;;/b;14-9-;. The van der Waals surface area contributed by atoms with Gasteiger partial charge in [-0.1, -0.05) is 130 Å². The monoisotopic (exact) mass is 996 g/mol. The molecule has 3 aromatic heterocycles. The Morgan fingerprint density at radius 3 is 1.98 bits per heavy atom. The number of pyridine rings is 2. The Hall–Kier alpha value is -2.91. The summed E-state index contributed by atoms with van der Waals surface area (Å²) in [6.07, 6.45) is -1.18. The van der Waals surface area contributed by atoms with Gasteiger partial charge in [0.25, 0.3) is 0 Å². The predicted molar refractivity (Wildman–Crippen MR) is 235 cm³/mol. The summed E-state index contributed by atoms with van der Waals surface area (Å²) >= 11 is 1.39. The quantitative estimate of drug-likeness (QED) is 0.0655. The van der Waals surface area contributed by atoms with Gasteiger partial charge in [0, 0.05) is 75.8 Å². The topological polar surface area (TPSA) is 63.1 Å². The van der Waals surface area contributed by atoms with Gasteiger partial charge in [-0.2, -0.15) is 13.2 Å². The second-order valence-corrected chi connectivity index (χ2v) is 25.2. The number of rotatable bonds is 10. The molecule has 5 rings (SSSR count). The fourth-order valence-corrected chi connectivity index (χ4v) is 10.9. The van der Waals surface area contributed by atoms with Crippen LogP contribution in [0.2, 0.25) is 19.6 Å². The van der Waals surface area contributed by atoms with Gasteiger partial charge in [0.2, 0.25) is 0 Å². The number of alkyl halides is 3. The van der Waals surface area contributed by atoms with E-state index in [1.165, 1.54) is 17.4 Å². The maximum atomic E-state index is 14.2. The number of fused-ring (bicyclic) bond motifs is 4. The molecule has 0 aliphatic heterocycles. The molecule has 0 spiro atoms. The molecule has 0 atom stereocenters. The molecule has 0 saturated carbocycles. The van der Waals surface area contributed by atoms with E-state index in [1.807, 2.05) is 37.3 Å². The van der Waals surface area contributed by atoms with E-state index in [2.05, 4.69) is 113 Å². The summed E-state index contributed by atoms with van der Waals surface area (Å²) in [5.41, 5.74) is 3.62. The molecular weight excluding hydrogens is 934 g/mol. The van der Waals surface area contributed by atoms with E-state index in [-0.39, 0.29) is 54.3 Å². The molecule has 5 aromatic rings. The molecule has 0 saturated heterocycles. The number of hydrogen-bond donors (Lipinski definition) is 1. The van der Waals surface area contributed by atoms with E-state index in [9.17, 15) is 23.1 Å². The molecular formula is C47H62F3IrN2O2SSi-. The average molecular weight is 996 g/mol. The Labute approximate surface area is 357 Å². The van der Waals surface area contributed by atoms with Crippen molar-refractivity contribution in [3.8, 4) is 11.3 Å². The van der Waals surface area contributed by atoms with E-state index in [0.29, 0.717) is 39.5 Å². The number of carbonyl (C=O) groups is 1. The minimum Gasteiger partial charge on any atom is -0.512 e. The van der Waals surface area contributed by atoms with Crippen LogP contribution in [0.25, 0.3) is 42.3 Å². The van der Waals surface area contributed by atoms with Crippen LogP contribution >= 0.6 is 11.3 Å². The number of thiophene rings is 1. The molecule has 0 aliphatic carbocycles. The molecule has 2 aromatic carbocycles. The van der Waals surface area contributed by atoms with Crippen LogP contribution in [-0.4, -0.2) is 28.9 Å². The molecule has 313 valence electrons. The van der Waals surface area contributed by atoms with Crippen LogP contribution in [0.4, 0.5) is 13.2 Å². The number of allylic oxidation sites excluding steroid dienone is 2. The summed E-state index contributed by atoms with van der Waals surface area (Å²) in [5.74, 6) is 1.63. The third-order valence-corrected chi connectivity index (χ3v) is 13.5. The second-order valence-electron chi connectivity index (χ2n) is 19.1. The van der Waals surface area contributed by atoms with Crippen molar-refractivity contribution in [2.45, 2.75) is 115 Å². The van der Waals surface area contributed by atoms with Gasteiger partial charge in [-0.25, -0.2) is 0 Å². The molecule has 0 unspecified atom stereocenters. The van der Waals surface area contributed by atoms with E-state index >= 15 is 0 Å². The van der Waals surface area contributed by atoms with E-state index < -0.39 is 19.8 Å². The molecule has 3 heterocycles. The van der Waals surface area contributed by atoms with Gasteiger partial charge >= 0.3 is 6.18 Å². The Bertz CT molecular complexity index is 2210. The maximum absolute atomic E-state index is 14.2. The van der Waals surface area contributed by atoms with Crippen molar-refractivity contribution in [2.75, 3.05) is 0 Å². The van der Waals surface area contributed by atoms with Gasteiger partial charge in [-0.3, -0.25) is 14.8 Å². The summed E-state index contributed by atoms with van der Waals surface area (Å²) < 4.78 is 43.9. The fourth-order valence-electron chi connectivity index (χ4n) is 8.13. The zero-order valence-corrected chi connectivity index (χ0v) is 40.6. The molecule has 0 bridgehead atoms. The minimum absolute atomic E-state index is 0. The number of hydrogen-bond acceptors (Lipinski definition) is 5. The number of aryl methyl sites for hydroxylation is 1. The molecule has 0 amide bonds. The molecule has 4 nitrogen and oxygen atoms in total. The number of aromatic nitrogens is 2.